The highest BCUT2D eigenvalue weighted by molar-refractivity contribution is 14.0. The Kier molecular flexibility index (Phi) is 8.68. The normalized spacial score (nSPS) is 17.3. The van der Waals surface area contributed by atoms with Gasteiger partial charge < -0.3 is 20.4 Å². The second kappa shape index (κ2) is 11.2. The molecule has 30 heavy (non-hydrogen) atoms. The van der Waals surface area contributed by atoms with Crippen LogP contribution in [-0.2, 0) is 13.0 Å². The first-order chi connectivity index (χ1) is 14.2. The van der Waals surface area contributed by atoms with Gasteiger partial charge in [0, 0.05) is 45.0 Å². The van der Waals surface area contributed by atoms with E-state index in [9.17, 15) is 0 Å². The van der Waals surface area contributed by atoms with Crippen LogP contribution < -0.4 is 20.4 Å². The number of piperidine rings is 1. The van der Waals surface area contributed by atoms with E-state index in [0.717, 1.165) is 51.5 Å². The predicted octanol–water partition coefficient (Wildman–Crippen LogP) is 4.47. The number of nitrogens with one attached hydrogen (secondary N) is 2. The fraction of sp³-hybridized carbons (Fsp3) is 0.522. The van der Waals surface area contributed by atoms with Gasteiger partial charge in [0.05, 0.1) is 11.5 Å². The van der Waals surface area contributed by atoms with Gasteiger partial charge in [0.15, 0.2) is 5.96 Å². The molecule has 1 aromatic carbocycles. The number of fused-ring (bicyclic) bond motifs is 1. The highest BCUT2D eigenvalue weighted by Crippen LogP contribution is 2.27. The Morgan fingerprint density at radius 3 is 2.77 bits per heavy atom. The maximum absolute atomic E-state index is 4.88. The minimum Gasteiger partial charge on any atom is -0.374 e. The Morgan fingerprint density at radius 2 is 2.03 bits per heavy atom. The van der Waals surface area contributed by atoms with E-state index in [1.54, 1.807) is 0 Å². The highest BCUT2D eigenvalue weighted by Gasteiger charge is 2.20. The molecule has 0 bridgehead atoms. The lowest BCUT2D eigenvalue weighted by Crippen LogP contribution is -2.48. The van der Waals surface area contributed by atoms with Crippen molar-refractivity contribution < 1.29 is 0 Å². The Bertz CT molecular complexity index is 815. The molecular weight excluding hydrogens is 505 g/mol. The average molecular weight is 540 g/mol. The molecule has 0 radical (unpaired) electrons. The molecule has 164 valence electrons. The molecule has 3 heterocycles. The summed E-state index contributed by atoms with van der Waals surface area (Å²) in [5.41, 5.74) is 4.14. The maximum Gasteiger partial charge on any atom is 0.191 e. The molecule has 2 aliphatic rings. The molecule has 0 spiro atoms. The van der Waals surface area contributed by atoms with Crippen molar-refractivity contribution >= 4 is 52.0 Å². The molecule has 0 atom stereocenters. The fourth-order valence-electron chi connectivity index (χ4n) is 4.31. The number of aliphatic imine (C=N–C) groups is 1. The number of aryl methyl sites for hydroxylation is 1. The van der Waals surface area contributed by atoms with Gasteiger partial charge in [-0.1, -0.05) is 12.1 Å². The molecule has 1 saturated heterocycles. The predicted molar refractivity (Wildman–Crippen MR) is 141 cm³/mol. The monoisotopic (exact) mass is 539 g/mol. The van der Waals surface area contributed by atoms with Crippen molar-refractivity contribution in [1.29, 1.82) is 0 Å². The van der Waals surface area contributed by atoms with E-state index in [-0.39, 0.29) is 24.0 Å². The van der Waals surface area contributed by atoms with E-state index < -0.39 is 0 Å². The summed E-state index contributed by atoms with van der Waals surface area (Å²) in [6.45, 7) is 7.11. The minimum absolute atomic E-state index is 0. The molecule has 0 saturated carbocycles. The smallest absolute Gasteiger partial charge is 0.191 e. The Hall–Kier alpha value is -1.48. The van der Waals surface area contributed by atoms with E-state index in [1.165, 1.54) is 34.7 Å². The molecule has 2 aromatic rings. The third-order valence-corrected chi connectivity index (χ3v) is 6.84. The summed E-state index contributed by atoms with van der Waals surface area (Å²) in [6, 6.07) is 11.7. The number of nitrogens with zero attached hydrogens (tertiary/aromatic N) is 3. The molecule has 1 fully saturated rings. The number of hydrogen-bond donors (Lipinski definition) is 2. The van der Waals surface area contributed by atoms with E-state index in [2.05, 4.69) is 70.1 Å². The van der Waals surface area contributed by atoms with Crippen molar-refractivity contribution in [3.05, 3.63) is 46.8 Å². The molecule has 7 heteroatoms. The summed E-state index contributed by atoms with van der Waals surface area (Å²) in [5.74, 6) is 0.942. The molecule has 0 unspecified atom stereocenters. The van der Waals surface area contributed by atoms with Crippen molar-refractivity contribution in [2.24, 2.45) is 4.99 Å². The zero-order chi connectivity index (χ0) is 20.1. The standard InChI is InChI=1S/C23H33N5S.HI/c1-3-24-23(26-20-10-13-28(14-11-20)22-7-5-15-29-22)25-17-18-8-9-21-19(16-18)6-4-12-27(21)2;/h5,7-9,15-16,20H,3-4,6,10-14,17H2,1-2H3,(H2,24,25,26);1H. The lowest BCUT2D eigenvalue weighted by Gasteiger charge is -2.33. The van der Waals surface area contributed by atoms with Gasteiger partial charge >= 0.3 is 0 Å². The van der Waals surface area contributed by atoms with E-state index in [1.807, 2.05) is 11.3 Å². The van der Waals surface area contributed by atoms with Crippen molar-refractivity contribution in [3.8, 4) is 0 Å². The van der Waals surface area contributed by atoms with Crippen molar-refractivity contribution in [3.63, 3.8) is 0 Å². The molecule has 4 rings (SSSR count). The number of benzene rings is 1. The molecule has 0 aliphatic carbocycles. The van der Waals surface area contributed by atoms with Crippen molar-refractivity contribution in [1.82, 2.24) is 10.6 Å². The van der Waals surface area contributed by atoms with Crippen molar-refractivity contribution in [2.45, 2.75) is 45.2 Å². The first kappa shape index (κ1) is 23.2. The SMILES string of the molecule is CCNC(=NCc1ccc2c(c1)CCCN2C)NC1CCN(c2cccs2)CC1.I. The van der Waals surface area contributed by atoms with Gasteiger partial charge in [-0.15, -0.1) is 35.3 Å². The number of guanidine groups is 1. The molecule has 2 aliphatic heterocycles. The first-order valence-corrected chi connectivity index (χ1v) is 11.8. The van der Waals surface area contributed by atoms with E-state index >= 15 is 0 Å². The van der Waals surface area contributed by atoms with Crippen LogP contribution in [0.15, 0.2) is 40.7 Å². The second-order valence-corrected chi connectivity index (χ2v) is 8.97. The summed E-state index contributed by atoms with van der Waals surface area (Å²) in [5, 5.41) is 10.6. The summed E-state index contributed by atoms with van der Waals surface area (Å²) in [7, 11) is 2.19. The van der Waals surface area contributed by atoms with Gasteiger partial charge in [-0.05, 0) is 67.3 Å². The van der Waals surface area contributed by atoms with Crippen LogP contribution in [0.4, 0.5) is 10.7 Å². The minimum atomic E-state index is 0. The van der Waals surface area contributed by atoms with E-state index in [0.29, 0.717) is 6.04 Å². The fourth-order valence-corrected chi connectivity index (χ4v) is 5.10. The van der Waals surface area contributed by atoms with Crippen LogP contribution in [0.25, 0.3) is 0 Å². The van der Waals surface area contributed by atoms with Gasteiger partial charge in [-0.25, -0.2) is 4.99 Å². The average Bonchev–Trinajstić information content (AvgIpc) is 3.28. The maximum atomic E-state index is 4.88. The Morgan fingerprint density at radius 1 is 1.20 bits per heavy atom. The van der Waals surface area contributed by atoms with Crippen LogP contribution in [0.3, 0.4) is 0 Å². The van der Waals surface area contributed by atoms with Gasteiger partial charge in [0.1, 0.15) is 0 Å². The number of hydrogen-bond acceptors (Lipinski definition) is 4. The summed E-state index contributed by atoms with van der Waals surface area (Å²) < 4.78 is 0. The summed E-state index contributed by atoms with van der Waals surface area (Å²) >= 11 is 1.83. The molecule has 0 amide bonds. The molecule has 1 aromatic heterocycles. The number of thiophene rings is 1. The lowest BCUT2D eigenvalue weighted by molar-refractivity contribution is 0.463. The second-order valence-electron chi connectivity index (χ2n) is 8.04. The van der Waals surface area contributed by atoms with Crippen LogP contribution in [0.2, 0.25) is 0 Å². The molecule has 2 N–H and O–H groups in total. The van der Waals surface area contributed by atoms with Crippen LogP contribution in [0.1, 0.15) is 37.3 Å². The quantitative estimate of drug-likeness (QED) is 0.334. The third kappa shape index (κ3) is 5.81. The Labute approximate surface area is 202 Å². The first-order valence-electron chi connectivity index (χ1n) is 10.9. The number of halogens is 1. The number of rotatable bonds is 5. The summed E-state index contributed by atoms with van der Waals surface area (Å²) in [6.07, 6.45) is 4.71. The topological polar surface area (TPSA) is 42.9 Å². The molecular formula is C23H34IN5S. The lowest BCUT2D eigenvalue weighted by atomic mass is 10.00. The van der Waals surface area contributed by atoms with Crippen LogP contribution in [-0.4, -0.2) is 45.2 Å². The van der Waals surface area contributed by atoms with Crippen LogP contribution in [0.5, 0.6) is 0 Å². The van der Waals surface area contributed by atoms with Gasteiger partial charge in [-0.3, -0.25) is 0 Å². The van der Waals surface area contributed by atoms with Gasteiger partial charge in [0.2, 0.25) is 0 Å². The van der Waals surface area contributed by atoms with Gasteiger partial charge in [-0.2, -0.15) is 0 Å². The third-order valence-electron chi connectivity index (χ3n) is 5.91. The summed E-state index contributed by atoms with van der Waals surface area (Å²) in [4.78, 5) is 9.74. The van der Waals surface area contributed by atoms with Crippen molar-refractivity contribution in [2.75, 3.05) is 43.0 Å². The zero-order valence-electron chi connectivity index (χ0n) is 18.1. The van der Waals surface area contributed by atoms with Crippen LogP contribution >= 0.6 is 35.3 Å². The zero-order valence-corrected chi connectivity index (χ0v) is 21.2. The van der Waals surface area contributed by atoms with Gasteiger partial charge in [0.25, 0.3) is 0 Å². The van der Waals surface area contributed by atoms with E-state index in [4.69, 9.17) is 4.99 Å². The largest absolute Gasteiger partial charge is 0.374 e. The molecule has 5 nitrogen and oxygen atoms in total. The Balaban J connectivity index is 0.00000256. The van der Waals surface area contributed by atoms with Crippen LogP contribution in [0, 0.1) is 0 Å². The highest BCUT2D eigenvalue weighted by atomic mass is 127. The number of anilines is 2.